The molecule has 3 nitrogen and oxygen atoms in total. The highest BCUT2D eigenvalue weighted by Crippen LogP contribution is 2.32. The molecule has 0 atom stereocenters. The number of rotatable bonds is 6. The van der Waals surface area contributed by atoms with Gasteiger partial charge in [-0.2, -0.15) is 0 Å². The van der Waals surface area contributed by atoms with Gasteiger partial charge in [-0.05, 0) is 26.0 Å². The number of benzene rings is 1. The zero-order valence-electron chi connectivity index (χ0n) is 11.3. The first-order valence-corrected chi connectivity index (χ1v) is 7.41. The molecule has 0 unspecified atom stereocenters. The van der Waals surface area contributed by atoms with Gasteiger partial charge in [0.1, 0.15) is 0 Å². The van der Waals surface area contributed by atoms with Gasteiger partial charge in [0, 0.05) is 23.7 Å². The molecule has 0 bridgehead atoms. The van der Waals surface area contributed by atoms with Crippen molar-refractivity contribution in [2.45, 2.75) is 18.7 Å². The number of anilines is 1. The van der Waals surface area contributed by atoms with Crippen molar-refractivity contribution in [1.82, 2.24) is 4.90 Å². The highest BCUT2D eigenvalue weighted by atomic mass is 35.5. The lowest BCUT2D eigenvalue weighted by molar-refractivity contribution is -0.127. The SMILES string of the molecule is C=C(C)CN(CC)C(=O)CSc1c(N)cccc1Cl. The number of hydrogen-bond donors (Lipinski definition) is 1. The molecule has 2 N–H and O–H groups in total. The molecule has 5 heteroatoms. The van der Waals surface area contributed by atoms with E-state index in [2.05, 4.69) is 6.58 Å². The van der Waals surface area contributed by atoms with Crippen LogP contribution in [0.4, 0.5) is 5.69 Å². The van der Waals surface area contributed by atoms with E-state index in [1.165, 1.54) is 11.8 Å². The molecule has 1 aromatic rings. The van der Waals surface area contributed by atoms with Gasteiger partial charge in [-0.3, -0.25) is 4.79 Å². The first-order chi connectivity index (χ1) is 8.95. The van der Waals surface area contributed by atoms with Crippen molar-refractivity contribution >= 4 is 35.0 Å². The van der Waals surface area contributed by atoms with Crippen molar-refractivity contribution in [2.24, 2.45) is 0 Å². The minimum absolute atomic E-state index is 0.0646. The number of likely N-dealkylation sites (N-methyl/N-ethyl adjacent to an activating group) is 1. The van der Waals surface area contributed by atoms with Crippen molar-refractivity contribution in [3.05, 3.63) is 35.4 Å². The molecule has 0 aliphatic carbocycles. The standard InChI is InChI=1S/C14H19ClN2OS/c1-4-17(8-10(2)3)13(18)9-19-14-11(15)6-5-7-12(14)16/h5-7H,2,4,8-9,16H2,1,3H3. The van der Waals surface area contributed by atoms with Gasteiger partial charge in [0.05, 0.1) is 10.8 Å². The monoisotopic (exact) mass is 298 g/mol. The summed E-state index contributed by atoms with van der Waals surface area (Å²) in [4.78, 5) is 14.6. The van der Waals surface area contributed by atoms with E-state index in [4.69, 9.17) is 17.3 Å². The molecule has 0 saturated heterocycles. The summed E-state index contributed by atoms with van der Waals surface area (Å²) < 4.78 is 0. The molecule has 0 heterocycles. The van der Waals surface area contributed by atoms with Gasteiger partial charge >= 0.3 is 0 Å². The van der Waals surface area contributed by atoms with Gasteiger partial charge < -0.3 is 10.6 Å². The van der Waals surface area contributed by atoms with Gasteiger partial charge in [0.15, 0.2) is 0 Å². The number of hydrogen-bond acceptors (Lipinski definition) is 3. The van der Waals surface area contributed by atoms with E-state index < -0.39 is 0 Å². The lowest BCUT2D eigenvalue weighted by atomic mass is 10.3. The molecule has 0 aliphatic rings. The van der Waals surface area contributed by atoms with Crippen molar-refractivity contribution in [2.75, 3.05) is 24.6 Å². The van der Waals surface area contributed by atoms with Crippen molar-refractivity contribution in [3.8, 4) is 0 Å². The highest BCUT2D eigenvalue weighted by Gasteiger charge is 2.14. The molecular formula is C14H19ClN2OS. The number of nitrogens with two attached hydrogens (primary N) is 1. The average Bonchev–Trinajstić information content (AvgIpc) is 2.34. The lowest BCUT2D eigenvalue weighted by Gasteiger charge is -2.21. The highest BCUT2D eigenvalue weighted by molar-refractivity contribution is 8.00. The van der Waals surface area contributed by atoms with Crippen LogP contribution in [0.1, 0.15) is 13.8 Å². The van der Waals surface area contributed by atoms with Crippen LogP contribution in [0.25, 0.3) is 0 Å². The first kappa shape index (κ1) is 15.9. The Labute approximate surface area is 123 Å². The van der Waals surface area contributed by atoms with Crippen LogP contribution >= 0.6 is 23.4 Å². The van der Waals surface area contributed by atoms with E-state index in [1.54, 1.807) is 23.1 Å². The molecule has 1 aromatic carbocycles. The van der Waals surface area contributed by atoms with Gasteiger partial charge in [0.25, 0.3) is 0 Å². The third-order valence-electron chi connectivity index (χ3n) is 2.53. The molecule has 0 saturated carbocycles. The fourth-order valence-corrected chi connectivity index (χ4v) is 2.84. The molecule has 0 aliphatic heterocycles. The summed E-state index contributed by atoms with van der Waals surface area (Å²) in [5.74, 6) is 0.393. The second kappa shape index (κ2) is 7.46. The number of carbonyl (C=O) groups is 1. The molecule has 0 spiro atoms. The number of thioether (sulfide) groups is 1. The Morgan fingerprint density at radius 1 is 1.53 bits per heavy atom. The molecule has 1 amide bonds. The Bertz CT molecular complexity index is 456. The fraction of sp³-hybridized carbons (Fsp3) is 0.357. The maximum Gasteiger partial charge on any atom is 0.233 e. The number of nitrogens with zero attached hydrogens (tertiary/aromatic N) is 1. The van der Waals surface area contributed by atoms with Crippen molar-refractivity contribution in [3.63, 3.8) is 0 Å². The van der Waals surface area contributed by atoms with Crippen LogP contribution in [0.5, 0.6) is 0 Å². The van der Waals surface area contributed by atoms with Gasteiger partial charge in [0.2, 0.25) is 5.91 Å². The van der Waals surface area contributed by atoms with Crippen LogP contribution in [0.2, 0.25) is 5.02 Å². The molecule has 1 rings (SSSR count). The number of carbonyl (C=O) groups excluding carboxylic acids is 1. The van der Waals surface area contributed by atoms with Crippen LogP contribution in [-0.4, -0.2) is 29.6 Å². The summed E-state index contributed by atoms with van der Waals surface area (Å²) in [5.41, 5.74) is 7.43. The van der Waals surface area contributed by atoms with Crippen LogP contribution in [-0.2, 0) is 4.79 Å². The Balaban J connectivity index is 2.65. The molecule has 19 heavy (non-hydrogen) atoms. The summed E-state index contributed by atoms with van der Waals surface area (Å²) in [5, 5.41) is 0.584. The zero-order chi connectivity index (χ0) is 14.4. The third kappa shape index (κ3) is 4.80. The van der Waals surface area contributed by atoms with E-state index in [1.807, 2.05) is 13.8 Å². The third-order valence-corrected chi connectivity index (χ3v) is 4.10. The van der Waals surface area contributed by atoms with Crippen LogP contribution < -0.4 is 5.73 Å². The minimum atomic E-state index is 0.0646. The molecule has 0 fully saturated rings. The second-order valence-electron chi connectivity index (χ2n) is 4.31. The Morgan fingerprint density at radius 2 is 2.21 bits per heavy atom. The Kier molecular flexibility index (Phi) is 6.25. The van der Waals surface area contributed by atoms with E-state index in [-0.39, 0.29) is 5.91 Å². The van der Waals surface area contributed by atoms with E-state index in [0.717, 1.165) is 10.5 Å². The summed E-state index contributed by atoms with van der Waals surface area (Å²) in [6, 6.07) is 5.35. The number of nitrogen functional groups attached to an aromatic ring is 1. The van der Waals surface area contributed by atoms with E-state index in [9.17, 15) is 4.79 Å². The molecule has 0 aromatic heterocycles. The average molecular weight is 299 g/mol. The predicted octanol–water partition coefficient (Wildman–Crippen LogP) is 3.44. The fourth-order valence-electron chi connectivity index (χ4n) is 1.61. The molecule has 104 valence electrons. The number of halogens is 1. The Morgan fingerprint density at radius 3 is 2.74 bits per heavy atom. The smallest absolute Gasteiger partial charge is 0.233 e. The Hall–Kier alpha value is -1.13. The largest absolute Gasteiger partial charge is 0.398 e. The van der Waals surface area contributed by atoms with Crippen LogP contribution in [0.3, 0.4) is 0 Å². The topological polar surface area (TPSA) is 46.3 Å². The maximum atomic E-state index is 12.1. The summed E-state index contributed by atoms with van der Waals surface area (Å²) >= 11 is 7.45. The van der Waals surface area contributed by atoms with Crippen LogP contribution in [0.15, 0.2) is 35.2 Å². The van der Waals surface area contributed by atoms with Gasteiger partial charge in [-0.15, -0.1) is 11.8 Å². The quantitative estimate of drug-likeness (QED) is 0.497. The van der Waals surface area contributed by atoms with Gasteiger partial charge in [-0.25, -0.2) is 0 Å². The molecular weight excluding hydrogens is 280 g/mol. The lowest BCUT2D eigenvalue weighted by Crippen LogP contribution is -2.33. The number of amides is 1. The van der Waals surface area contributed by atoms with Gasteiger partial charge in [-0.1, -0.05) is 29.8 Å². The second-order valence-corrected chi connectivity index (χ2v) is 5.70. The predicted molar refractivity (Wildman–Crippen MR) is 83.7 cm³/mol. The summed E-state index contributed by atoms with van der Waals surface area (Å²) in [6.07, 6.45) is 0. The summed E-state index contributed by atoms with van der Waals surface area (Å²) in [6.45, 7) is 8.96. The van der Waals surface area contributed by atoms with Crippen molar-refractivity contribution in [1.29, 1.82) is 0 Å². The minimum Gasteiger partial charge on any atom is -0.398 e. The zero-order valence-corrected chi connectivity index (χ0v) is 12.9. The van der Waals surface area contributed by atoms with Crippen LogP contribution in [0, 0.1) is 0 Å². The van der Waals surface area contributed by atoms with E-state index >= 15 is 0 Å². The first-order valence-electron chi connectivity index (χ1n) is 6.04. The normalized spacial score (nSPS) is 10.3. The molecule has 0 radical (unpaired) electrons. The maximum absolute atomic E-state index is 12.1. The van der Waals surface area contributed by atoms with Crippen molar-refractivity contribution < 1.29 is 4.79 Å². The summed E-state index contributed by atoms with van der Waals surface area (Å²) in [7, 11) is 0. The van der Waals surface area contributed by atoms with E-state index in [0.29, 0.717) is 29.6 Å².